The number of benzene rings is 1. The van der Waals surface area contributed by atoms with E-state index in [0.717, 1.165) is 0 Å². The number of rotatable bonds is 6. The molecule has 0 saturated carbocycles. The van der Waals surface area contributed by atoms with Crippen LogP contribution in [-0.4, -0.2) is 27.7 Å². The van der Waals surface area contributed by atoms with Crippen LogP contribution < -0.4 is 4.74 Å². The first kappa shape index (κ1) is 13.0. The van der Waals surface area contributed by atoms with Gasteiger partial charge in [0.15, 0.2) is 0 Å². The molecule has 16 heavy (non-hydrogen) atoms. The van der Waals surface area contributed by atoms with E-state index in [0.29, 0.717) is 25.2 Å². The topological polar surface area (TPSA) is 87.0 Å². The second-order valence-corrected chi connectivity index (χ2v) is 5.21. The van der Waals surface area contributed by atoms with Crippen molar-refractivity contribution in [3.8, 4) is 11.5 Å². The zero-order valence-electron chi connectivity index (χ0n) is 8.74. The minimum atomic E-state index is -3.87. The Morgan fingerprint density at radius 2 is 1.75 bits per heavy atom. The molecule has 0 unspecified atom stereocenters. The van der Waals surface area contributed by atoms with Gasteiger partial charge in [-0.2, -0.15) is 0 Å². The molecule has 5 nitrogen and oxygen atoms in total. The molecule has 0 heterocycles. The molecule has 0 saturated heterocycles. The van der Waals surface area contributed by atoms with Crippen LogP contribution in [0.15, 0.2) is 24.3 Å². The maximum Gasteiger partial charge on any atom is 0.325 e. The average Bonchev–Trinajstić information content (AvgIpc) is 2.19. The molecule has 1 aromatic rings. The largest absolute Gasteiger partial charge is 0.508 e. The van der Waals surface area contributed by atoms with Crippen molar-refractivity contribution in [2.24, 2.45) is 0 Å². The SMILES string of the molecule is O=P(O)(O)CCCCOc1ccc(O)cc1. The first-order valence-corrected chi connectivity index (χ1v) is 6.73. The fourth-order valence-corrected chi connectivity index (χ4v) is 1.79. The first-order chi connectivity index (χ1) is 7.47. The normalized spacial score (nSPS) is 11.4. The summed E-state index contributed by atoms with van der Waals surface area (Å²) in [5.41, 5.74) is 0. The van der Waals surface area contributed by atoms with Gasteiger partial charge in [-0.05, 0) is 37.1 Å². The van der Waals surface area contributed by atoms with Crippen LogP contribution in [0.2, 0.25) is 0 Å². The van der Waals surface area contributed by atoms with Gasteiger partial charge in [0, 0.05) is 6.16 Å². The molecule has 6 heteroatoms. The minimum absolute atomic E-state index is 0.105. The summed E-state index contributed by atoms with van der Waals surface area (Å²) in [6, 6.07) is 6.31. The van der Waals surface area contributed by atoms with E-state index in [2.05, 4.69) is 0 Å². The van der Waals surface area contributed by atoms with Gasteiger partial charge >= 0.3 is 7.60 Å². The van der Waals surface area contributed by atoms with E-state index in [-0.39, 0.29) is 11.9 Å². The van der Waals surface area contributed by atoms with E-state index in [9.17, 15) is 4.57 Å². The van der Waals surface area contributed by atoms with Gasteiger partial charge in [-0.25, -0.2) is 0 Å². The molecule has 0 atom stereocenters. The Balaban J connectivity index is 2.16. The summed E-state index contributed by atoms with van der Waals surface area (Å²) in [7, 11) is -3.87. The molecular weight excluding hydrogens is 231 g/mol. The van der Waals surface area contributed by atoms with Crippen LogP contribution in [0.3, 0.4) is 0 Å². The minimum Gasteiger partial charge on any atom is -0.508 e. The number of hydrogen-bond donors (Lipinski definition) is 3. The number of phenols is 1. The molecule has 0 spiro atoms. The second-order valence-electron chi connectivity index (χ2n) is 3.44. The lowest BCUT2D eigenvalue weighted by Gasteiger charge is -2.06. The highest BCUT2D eigenvalue weighted by Crippen LogP contribution is 2.35. The predicted molar refractivity (Wildman–Crippen MR) is 59.7 cm³/mol. The van der Waals surface area contributed by atoms with Gasteiger partial charge in [-0.1, -0.05) is 0 Å². The van der Waals surface area contributed by atoms with E-state index in [4.69, 9.17) is 19.6 Å². The predicted octanol–water partition coefficient (Wildman–Crippen LogP) is 1.73. The van der Waals surface area contributed by atoms with Crippen LogP contribution in [0, 0.1) is 0 Å². The van der Waals surface area contributed by atoms with Gasteiger partial charge in [0.25, 0.3) is 0 Å². The van der Waals surface area contributed by atoms with Gasteiger partial charge in [-0.15, -0.1) is 0 Å². The van der Waals surface area contributed by atoms with Crippen molar-refractivity contribution in [2.75, 3.05) is 12.8 Å². The van der Waals surface area contributed by atoms with Crippen molar-refractivity contribution < 1.29 is 24.2 Å². The van der Waals surface area contributed by atoms with Crippen molar-refractivity contribution in [3.63, 3.8) is 0 Å². The Morgan fingerprint density at radius 3 is 2.31 bits per heavy atom. The molecule has 90 valence electrons. The number of phenolic OH excluding ortho intramolecular Hbond substituents is 1. The van der Waals surface area contributed by atoms with Crippen LogP contribution in [0.4, 0.5) is 0 Å². The van der Waals surface area contributed by atoms with Crippen LogP contribution in [0.1, 0.15) is 12.8 Å². The molecule has 0 aliphatic heterocycles. The standard InChI is InChI=1S/C10H15O5P/c11-9-3-5-10(6-4-9)15-7-1-2-8-16(12,13)14/h3-6,11H,1-2,7-8H2,(H2,12,13,14). The summed E-state index contributed by atoms with van der Waals surface area (Å²) >= 11 is 0. The molecule has 0 aliphatic rings. The van der Waals surface area contributed by atoms with Crippen LogP contribution >= 0.6 is 7.60 Å². The average molecular weight is 246 g/mol. The van der Waals surface area contributed by atoms with E-state index in [1.807, 2.05) is 0 Å². The van der Waals surface area contributed by atoms with Gasteiger partial charge in [0.1, 0.15) is 11.5 Å². The van der Waals surface area contributed by atoms with Gasteiger partial charge < -0.3 is 19.6 Å². The highest BCUT2D eigenvalue weighted by Gasteiger charge is 2.11. The van der Waals surface area contributed by atoms with E-state index in [1.54, 1.807) is 12.1 Å². The lowest BCUT2D eigenvalue weighted by atomic mass is 10.3. The third-order valence-electron chi connectivity index (χ3n) is 1.95. The third kappa shape index (κ3) is 5.75. The summed E-state index contributed by atoms with van der Waals surface area (Å²) in [4.78, 5) is 17.2. The molecule has 3 N–H and O–H groups in total. The molecule has 0 aliphatic carbocycles. The summed E-state index contributed by atoms with van der Waals surface area (Å²) in [6.45, 7) is 0.408. The third-order valence-corrected chi connectivity index (χ3v) is 2.85. The fourth-order valence-electron chi connectivity index (χ4n) is 1.15. The van der Waals surface area contributed by atoms with E-state index < -0.39 is 7.60 Å². The number of unbranched alkanes of at least 4 members (excludes halogenated alkanes) is 1. The van der Waals surface area contributed by atoms with Crippen molar-refractivity contribution in [2.45, 2.75) is 12.8 Å². The van der Waals surface area contributed by atoms with Crippen LogP contribution in [-0.2, 0) is 4.57 Å². The molecule has 0 bridgehead atoms. The van der Waals surface area contributed by atoms with Crippen LogP contribution in [0.5, 0.6) is 11.5 Å². The van der Waals surface area contributed by atoms with Gasteiger partial charge in [-0.3, -0.25) is 4.57 Å². The number of ether oxygens (including phenoxy) is 1. The summed E-state index contributed by atoms with van der Waals surface area (Å²) in [6.07, 6.45) is 0.917. The fraction of sp³-hybridized carbons (Fsp3) is 0.400. The Labute approximate surface area is 93.9 Å². The Hall–Kier alpha value is -1.03. The molecule has 1 aromatic carbocycles. The number of hydrogen-bond acceptors (Lipinski definition) is 3. The molecular formula is C10H15O5P. The highest BCUT2D eigenvalue weighted by molar-refractivity contribution is 7.51. The van der Waals surface area contributed by atoms with Crippen molar-refractivity contribution in [1.82, 2.24) is 0 Å². The zero-order chi connectivity index (χ0) is 12.0. The quantitative estimate of drug-likeness (QED) is 0.525. The zero-order valence-corrected chi connectivity index (χ0v) is 9.64. The molecule has 0 radical (unpaired) electrons. The first-order valence-electron chi connectivity index (χ1n) is 4.94. The lowest BCUT2D eigenvalue weighted by molar-refractivity contribution is 0.306. The van der Waals surface area contributed by atoms with E-state index in [1.165, 1.54) is 12.1 Å². The van der Waals surface area contributed by atoms with Crippen molar-refractivity contribution >= 4 is 7.60 Å². The maximum absolute atomic E-state index is 10.5. The Morgan fingerprint density at radius 1 is 1.12 bits per heavy atom. The lowest BCUT2D eigenvalue weighted by Crippen LogP contribution is -1.98. The van der Waals surface area contributed by atoms with Gasteiger partial charge in [0.05, 0.1) is 6.61 Å². The maximum atomic E-state index is 10.5. The molecule has 1 rings (SSSR count). The van der Waals surface area contributed by atoms with Crippen molar-refractivity contribution in [3.05, 3.63) is 24.3 Å². The number of aromatic hydroxyl groups is 1. The molecule has 0 aromatic heterocycles. The Bertz CT molecular complexity index is 356. The summed E-state index contributed by atoms with van der Waals surface area (Å²) in [5.74, 6) is 0.808. The molecule has 0 amide bonds. The smallest absolute Gasteiger partial charge is 0.325 e. The van der Waals surface area contributed by atoms with Gasteiger partial charge in [0.2, 0.25) is 0 Å². The Kier molecular flexibility index (Phi) is 4.80. The summed E-state index contributed by atoms with van der Waals surface area (Å²) in [5, 5.41) is 9.01. The second kappa shape index (κ2) is 5.89. The monoisotopic (exact) mass is 246 g/mol. The van der Waals surface area contributed by atoms with E-state index >= 15 is 0 Å². The molecule has 0 fully saturated rings. The summed E-state index contributed by atoms with van der Waals surface area (Å²) < 4.78 is 15.8. The van der Waals surface area contributed by atoms with Crippen molar-refractivity contribution in [1.29, 1.82) is 0 Å². The highest BCUT2D eigenvalue weighted by atomic mass is 31.2. The van der Waals surface area contributed by atoms with Crippen LogP contribution in [0.25, 0.3) is 0 Å².